The van der Waals surface area contributed by atoms with Gasteiger partial charge in [0, 0.05) is 32.4 Å². The number of nitrogens with zero attached hydrogens (tertiary/aromatic N) is 3. The molecule has 0 spiro atoms. The van der Waals surface area contributed by atoms with Gasteiger partial charge in [-0.25, -0.2) is 4.68 Å². The summed E-state index contributed by atoms with van der Waals surface area (Å²) in [6.07, 6.45) is 3.45. The lowest BCUT2D eigenvalue weighted by Crippen LogP contribution is -2.24. The lowest BCUT2D eigenvalue weighted by molar-refractivity contribution is 0.548. The lowest BCUT2D eigenvalue weighted by Gasteiger charge is -2.12. The lowest BCUT2D eigenvalue weighted by atomic mass is 10.1. The molecule has 1 aromatic heterocycles. The van der Waals surface area contributed by atoms with E-state index in [-0.39, 0.29) is 5.56 Å². The molecule has 1 aromatic carbocycles. The van der Waals surface area contributed by atoms with Crippen LogP contribution in [-0.2, 0) is 13.0 Å². The maximum Gasteiger partial charge on any atom is 0.268 e. The van der Waals surface area contributed by atoms with Crippen molar-refractivity contribution < 1.29 is 0 Å². The molecule has 20 heavy (non-hydrogen) atoms. The molecule has 0 bridgehead atoms. The highest BCUT2D eigenvalue weighted by atomic mass is 16.1. The molecule has 0 aliphatic carbocycles. The number of nitrogen functional groups attached to an aromatic ring is 1. The summed E-state index contributed by atoms with van der Waals surface area (Å²) in [6, 6.07) is 9.43. The molecule has 0 aliphatic rings. The van der Waals surface area contributed by atoms with Gasteiger partial charge in [0.25, 0.3) is 5.56 Å². The number of aromatic nitrogens is 2. The Bertz CT molecular complexity index is 634. The maximum atomic E-state index is 11.9. The Hall–Kier alpha value is -2.30. The largest absolute Gasteiger partial charge is 0.399 e. The predicted octanol–water partition coefficient (Wildman–Crippen LogP) is 1.52. The molecular weight excluding hydrogens is 252 g/mol. The van der Waals surface area contributed by atoms with Crippen LogP contribution < -0.4 is 16.2 Å². The molecule has 2 N–H and O–H groups in total. The zero-order valence-corrected chi connectivity index (χ0v) is 11.9. The van der Waals surface area contributed by atoms with E-state index in [0.717, 1.165) is 24.2 Å². The van der Waals surface area contributed by atoms with E-state index in [1.807, 2.05) is 43.3 Å². The molecule has 1 heterocycles. The third kappa shape index (κ3) is 3.60. The quantitative estimate of drug-likeness (QED) is 0.838. The van der Waals surface area contributed by atoms with Crippen LogP contribution in [0.3, 0.4) is 0 Å². The first-order valence-corrected chi connectivity index (χ1v) is 6.65. The maximum absolute atomic E-state index is 11.9. The Labute approximate surface area is 118 Å². The van der Waals surface area contributed by atoms with Crippen molar-refractivity contribution in [1.29, 1.82) is 0 Å². The smallest absolute Gasteiger partial charge is 0.268 e. The zero-order valence-electron chi connectivity index (χ0n) is 11.9. The highest BCUT2D eigenvalue weighted by Crippen LogP contribution is 2.09. The van der Waals surface area contributed by atoms with E-state index in [0.29, 0.717) is 6.54 Å². The van der Waals surface area contributed by atoms with Crippen molar-refractivity contribution in [3.05, 3.63) is 52.4 Å². The van der Waals surface area contributed by atoms with Gasteiger partial charge >= 0.3 is 0 Å². The molecule has 2 aromatic rings. The number of hydrogen-bond donors (Lipinski definition) is 1. The van der Waals surface area contributed by atoms with E-state index in [1.54, 1.807) is 12.3 Å². The van der Waals surface area contributed by atoms with Crippen LogP contribution in [0.5, 0.6) is 0 Å². The molecule has 106 valence electrons. The van der Waals surface area contributed by atoms with Gasteiger partial charge in [-0.1, -0.05) is 12.1 Å². The molecular formula is C15H20N4O. The van der Waals surface area contributed by atoms with Gasteiger partial charge in [0.1, 0.15) is 0 Å². The summed E-state index contributed by atoms with van der Waals surface area (Å²) in [5.41, 5.74) is 8.45. The second-order valence-electron chi connectivity index (χ2n) is 5.02. The SMILES string of the molecule is CN(C)c1cnn(CCCc2cccc(N)c2)c(=O)c1. The van der Waals surface area contributed by atoms with Crippen molar-refractivity contribution in [2.45, 2.75) is 19.4 Å². The van der Waals surface area contributed by atoms with Crippen molar-refractivity contribution in [3.63, 3.8) is 0 Å². The predicted molar refractivity (Wildman–Crippen MR) is 82.0 cm³/mol. The van der Waals surface area contributed by atoms with Gasteiger partial charge in [0.15, 0.2) is 0 Å². The number of hydrogen-bond acceptors (Lipinski definition) is 4. The summed E-state index contributed by atoms with van der Waals surface area (Å²) >= 11 is 0. The van der Waals surface area contributed by atoms with Crippen LogP contribution in [0.15, 0.2) is 41.3 Å². The highest BCUT2D eigenvalue weighted by molar-refractivity contribution is 5.41. The summed E-state index contributed by atoms with van der Waals surface area (Å²) in [5.74, 6) is 0. The Balaban J connectivity index is 1.96. The first-order valence-electron chi connectivity index (χ1n) is 6.65. The van der Waals surface area contributed by atoms with Gasteiger partial charge in [-0.3, -0.25) is 4.79 Å². The highest BCUT2D eigenvalue weighted by Gasteiger charge is 2.02. The normalized spacial score (nSPS) is 10.5. The molecule has 5 nitrogen and oxygen atoms in total. The van der Waals surface area contributed by atoms with Crippen LogP contribution in [0.4, 0.5) is 11.4 Å². The molecule has 5 heteroatoms. The molecule has 2 rings (SSSR count). The summed E-state index contributed by atoms with van der Waals surface area (Å²) in [5, 5.41) is 4.19. The molecule has 0 aliphatic heterocycles. The average molecular weight is 272 g/mol. The first kappa shape index (κ1) is 14.1. The first-order chi connectivity index (χ1) is 9.56. The van der Waals surface area contributed by atoms with E-state index >= 15 is 0 Å². The van der Waals surface area contributed by atoms with Crippen molar-refractivity contribution in [3.8, 4) is 0 Å². The number of anilines is 2. The fourth-order valence-electron chi connectivity index (χ4n) is 2.02. The van der Waals surface area contributed by atoms with Gasteiger partial charge in [-0.2, -0.15) is 5.10 Å². The Kier molecular flexibility index (Phi) is 4.40. The van der Waals surface area contributed by atoms with Gasteiger partial charge < -0.3 is 10.6 Å². The number of rotatable bonds is 5. The van der Waals surface area contributed by atoms with E-state index in [1.165, 1.54) is 10.2 Å². The van der Waals surface area contributed by atoms with Crippen molar-refractivity contribution in [2.75, 3.05) is 24.7 Å². The third-order valence-corrected chi connectivity index (χ3v) is 3.16. The summed E-state index contributed by atoms with van der Waals surface area (Å²) < 4.78 is 1.50. The Morgan fingerprint density at radius 2 is 2.10 bits per heavy atom. The minimum Gasteiger partial charge on any atom is -0.399 e. The molecule has 0 saturated carbocycles. The van der Waals surface area contributed by atoms with Crippen LogP contribution in [0.2, 0.25) is 0 Å². The van der Waals surface area contributed by atoms with E-state index < -0.39 is 0 Å². The molecule has 0 fully saturated rings. The van der Waals surface area contributed by atoms with E-state index in [2.05, 4.69) is 5.10 Å². The van der Waals surface area contributed by atoms with Gasteiger partial charge in [-0.15, -0.1) is 0 Å². The zero-order chi connectivity index (χ0) is 14.5. The third-order valence-electron chi connectivity index (χ3n) is 3.16. The summed E-state index contributed by atoms with van der Waals surface area (Å²) in [7, 11) is 3.78. The van der Waals surface area contributed by atoms with Crippen LogP contribution in [0.25, 0.3) is 0 Å². The van der Waals surface area contributed by atoms with Crippen molar-refractivity contribution >= 4 is 11.4 Å². The molecule has 0 amide bonds. The number of benzene rings is 1. The molecule has 0 unspecified atom stereocenters. The molecule has 0 saturated heterocycles. The Morgan fingerprint density at radius 1 is 1.30 bits per heavy atom. The van der Waals surface area contributed by atoms with Crippen LogP contribution >= 0.6 is 0 Å². The van der Waals surface area contributed by atoms with E-state index in [9.17, 15) is 4.79 Å². The topological polar surface area (TPSA) is 64.2 Å². The minimum atomic E-state index is -0.0659. The van der Waals surface area contributed by atoms with Gasteiger partial charge in [-0.05, 0) is 30.5 Å². The standard InChI is InChI=1S/C15H20N4O/c1-18(2)14-10-15(20)19(17-11-14)8-4-6-12-5-3-7-13(16)9-12/h3,5,7,9-11H,4,6,8,16H2,1-2H3. The van der Waals surface area contributed by atoms with Crippen LogP contribution in [0.1, 0.15) is 12.0 Å². The summed E-state index contributed by atoms with van der Waals surface area (Å²) in [6.45, 7) is 0.612. The number of aryl methyl sites for hydroxylation is 2. The van der Waals surface area contributed by atoms with Crippen molar-refractivity contribution in [2.24, 2.45) is 0 Å². The van der Waals surface area contributed by atoms with Gasteiger partial charge in [0.05, 0.1) is 11.9 Å². The van der Waals surface area contributed by atoms with Crippen LogP contribution in [-0.4, -0.2) is 23.9 Å². The Morgan fingerprint density at radius 3 is 2.75 bits per heavy atom. The van der Waals surface area contributed by atoms with Crippen LogP contribution in [0, 0.1) is 0 Å². The average Bonchev–Trinajstić information content (AvgIpc) is 2.40. The van der Waals surface area contributed by atoms with Crippen molar-refractivity contribution in [1.82, 2.24) is 9.78 Å². The fourth-order valence-corrected chi connectivity index (χ4v) is 2.02. The fraction of sp³-hybridized carbons (Fsp3) is 0.333. The second kappa shape index (κ2) is 6.23. The second-order valence-corrected chi connectivity index (χ2v) is 5.02. The minimum absolute atomic E-state index is 0.0659. The molecule has 0 radical (unpaired) electrons. The number of nitrogens with two attached hydrogens (primary N) is 1. The monoisotopic (exact) mass is 272 g/mol. The summed E-state index contributed by atoms with van der Waals surface area (Å²) in [4.78, 5) is 13.8. The van der Waals surface area contributed by atoms with Gasteiger partial charge in [0.2, 0.25) is 0 Å². The molecule has 0 atom stereocenters. The van der Waals surface area contributed by atoms with E-state index in [4.69, 9.17) is 5.73 Å².